The van der Waals surface area contributed by atoms with Crippen molar-refractivity contribution >= 4 is 0 Å². The van der Waals surface area contributed by atoms with Crippen LogP contribution in [0.2, 0.25) is 0 Å². The molecule has 0 radical (unpaired) electrons. The van der Waals surface area contributed by atoms with Crippen LogP contribution in [0, 0.1) is 12.7 Å². The predicted octanol–water partition coefficient (Wildman–Crippen LogP) is 3.64. The fourth-order valence-corrected chi connectivity index (χ4v) is 3.61. The molecule has 27 heavy (non-hydrogen) atoms. The van der Waals surface area contributed by atoms with Gasteiger partial charge in [-0.3, -0.25) is 9.80 Å². The van der Waals surface area contributed by atoms with Crippen LogP contribution in [0.25, 0.3) is 5.69 Å². The van der Waals surface area contributed by atoms with Crippen LogP contribution < -0.4 is 0 Å². The van der Waals surface area contributed by atoms with E-state index in [1.54, 1.807) is 12.1 Å². The summed E-state index contributed by atoms with van der Waals surface area (Å²) in [5, 5.41) is 4.52. The second-order valence-corrected chi connectivity index (χ2v) is 7.31. The zero-order chi connectivity index (χ0) is 18.6. The van der Waals surface area contributed by atoms with Crippen LogP contribution >= 0.6 is 0 Å². The third kappa shape index (κ3) is 4.62. The molecule has 0 unspecified atom stereocenters. The lowest BCUT2D eigenvalue weighted by Crippen LogP contribution is -2.45. The fraction of sp³-hybridized carbons (Fsp3) is 0.318. The van der Waals surface area contributed by atoms with Crippen LogP contribution in [0.15, 0.2) is 60.9 Å². The minimum atomic E-state index is -0.156. The number of benzene rings is 2. The van der Waals surface area contributed by atoms with Crippen molar-refractivity contribution in [1.82, 2.24) is 19.6 Å². The maximum absolute atomic E-state index is 13.3. The van der Waals surface area contributed by atoms with Gasteiger partial charge in [0.05, 0.1) is 11.9 Å². The molecule has 0 spiro atoms. The van der Waals surface area contributed by atoms with E-state index in [4.69, 9.17) is 0 Å². The highest BCUT2D eigenvalue weighted by Crippen LogP contribution is 2.14. The third-order valence-corrected chi connectivity index (χ3v) is 5.07. The molecule has 0 bridgehead atoms. The van der Waals surface area contributed by atoms with E-state index in [0.29, 0.717) is 0 Å². The molecule has 3 aromatic rings. The smallest absolute Gasteiger partial charge is 0.123 e. The Labute approximate surface area is 159 Å². The van der Waals surface area contributed by atoms with Crippen molar-refractivity contribution < 1.29 is 4.39 Å². The third-order valence-electron chi connectivity index (χ3n) is 5.07. The zero-order valence-electron chi connectivity index (χ0n) is 15.7. The van der Waals surface area contributed by atoms with E-state index in [9.17, 15) is 4.39 Å². The number of aryl methyl sites for hydroxylation is 1. The maximum atomic E-state index is 13.3. The number of halogens is 1. The van der Waals surface area contributed by atoms with Gasteiger partial charge < -0.3 is 0 Å². The standard InChI is InChI=1S/C22H25FN4/c1-18-4-2-7-22(12-18)27-17-20(14-24-27)16-26-10-8-25(9-11-26)15-19-5-3-6-21(23)13-19/h2-7,12-14,17H,8-11,15-16H2,1H3. The monoisotopic (exact) mass is 364 g/mol. The van der Waals surface area contributed by atoms with E-state index < -0.39 is 0 Å². The molecule has 1 aliphatic heterocycles. The number of hydrogen-bond donors (Lipinski definition) is 0. The Morgan fingerprint density at radius 1 is 0.889 bits per heavy atom. The van der Waals surface area contributed by atoms with Crippen LogP contribution in [0.4, 0.5) is 4.39 Å². The van der Waals surface area contributed by atoms with Gasteiger partial charge in [0.15, 0.2) is 0 Å². The Morgan fingerprint density at radius 2 is 1.59 bits per heavy atom. The minimum Gasteiger partial charge on any atom is -0.297 e. The molecule has 140 valence electrons. The number of hydrogen-bond acceptors (Lipinski definition) is 3. The average Bonchev–Trinajstić information content (AvgIpc) is 3.12. The van der Waals surface area contributed by atoms with Crippen molar-refractivity contribution in [1.29, 1.82) is 0 Å². The molecular formula is C22H25FN4. The Bertz CT molecular complexity index is 897. The van der Waals surface area contributed by atoms with Gasteiger partial charge >= 0.3 is 0 Å². The van der Waals surface area contributed by atoms with Gasteiger partial charge in [-0.15, -0.1) is 0 Å². The second-order valence-electron chi connectivity index (χ2n) is 7.31. The Hall–Kier alpha value is -2.50. The van der Waals surface area contributed by atoms with Crippen molar-refractivity contribution in [3.63, 3.8) is 0 Å². The van der Waals surface area contributed by atoms with Crippen LogP contribution in [-0.4, -0.2) is 45.8 Å². The SMILES string of the molecule is Cc1cccc(-n2cc(CN3CCN(Cc4cccc(F)c4)CC3)cn2)c1. The fourth-order valence-electron chi connectivity index (χ4n) is 3.61. The normalized spacial score (nSPS) is 15.9. The predicted molar refractivity (Wildman–Crippen MR) is 105 cm³/mol. The number of rotatable bonds is 5. The van der Waals surface area contributed by atoms with Gasteiger partial charge in [-0.1, -0.05) is 24.3 Å². The molecule has 2 heterocycles. The Morgan fingerprint density at radius 3 is 2.30 bits per heavy atom. The van der Waals surface area contributed by atoms with E-state index >= 15 is 0 Å². The summed E-state index contributed by atoms with van der Waals surface area (Å²) >= 11 is 0. The van der Waals surface area contributed by atoms with E-state index in [1.807, 2.05) is 16.9 Å². The van der Waals surface area contributed by atoms with Gasteiger partial charge in [-0.2, -0.15) is 5.10 Å². The molecule has 2 aromatic carbocycles. The summed E-state index contributed by atoms with van der Waals surface area (Å²) in [4.78, 5) is 4.85. The van der Waals surface area contributed by atoms with Crippen LogP contribution in [-0.2, 0) is 13.1 Å². The van der Waals surface area contributed by atoms with Gasteiger partial charge in [0, 0.05) is 51.0 Å². The largest absolute Gasteiger partial charge is 0.297 e. The highest BCUT2D eigenvalue weighted by molar-refractivity contribution is 5.35. The van der Waals surface area contributed by atoms with Crippen molar-refractivity contribution in [2.45, 2.75) is 20.0 Å². The van der Waals surface area contributed by atoms with Crippen molar-refractivity contribution in [3.05, 3.63) is 83.4 Å². The molecule has 0 saturated carbocycles. The average molecular weight is 364 g/mol. The van der Waals surface area contributed by atoms with Crippen molar-refractivity contribution in [2.75, 3.05) is 26.2 Å². The molecule has 4 rings (SSSR count). The van der Waals surface area contributed by atoms with E-state index in [-0.39, 0.29) is 5.82 Å². The molecule has 1 aliphatic rings. The first-order chi connectivity index (χ1) is 13.2. The van der Waals surface area contributed by atoms with Crippen molar-refractivity contribution in [3.8, 4) is 5.69 Å². The molecule has 1 aromatic heterocycles. The van der Waals surface area contributed by atoms with Crippen LogP contribution in [0.5, 0.6) is 0 Å². The summed E-state index contributed by atoms with van der Waals surface area (Å²) in [5.41, 5.74) is 4.61. The molecule has 0 amide bonds. The quantitative estimate of drug-likeness (QED) is 0.691. The van der Waals surface area contributed by atoms with Crippen molar-refractivity contribution in [2.24, 2.45) is 0 Å². The highest BCUT2D eigenvalue weighted by Gasteiger charge is 2.18. The number of nitrogens with zero attached hydrogens (tertiary/aromatic N) is 4. The summed E-state index contributed by atoms with van der Waals surface area (Å²) in [6.45, 7) is 7.87. The zero-order valence-corrected chi connectivity index (χ0v) is 15.7. The molecular weight excluding hydrogens is 339 g/mol. The minimum absolute atomic E-state index is 0.156. The number of piperazine rings is 1. The van der Waals surface area contributed by atoms with Crippen LogP contribution in [0.3, 0.4) is 0 Å². The summed E-state index contributed by atoms with van der Waals surface area (Å²) in [5.74, 6) is -0.156. The van der Waals surface area contributed by atoms with Gasteiger partial charge in [0.25, 0.3) is 0 Å². The molecule has 5 heteroatoms. The highest BCUT2D eigenvalue weighted by atomic mass is 19.1. The molecule has 4 nitrogen and oxygen atoms in total. The summed E-state index contributed by atoms with van der Waals surface area (Å²) in [7, 11) is 0. The lowest BCUT2D eigenvalue weighted by atomic mass is 10.2. The first-order valence-electron chi connectivity index (χ1n) is 9.45. The maximum Gasteiger partial charge on any atom is 0.123 e. The number of aromatic nitrogens is 2. The molecule has 0 N–H and O–H groups in total. The Kier molecular flexibility index (Phi) is 5.32. The molecule has 0 atom stereocenters. The molecule has 1 saturated heterocycles. The first-order valence-corrected chi connectivity index (χ1v) is 9.45. The van der Waals surface area contributed by atoms with E-state index in [2.05, 4.69) is 52.3 Å². The van der Waals surface area contributed by atoms with E-state index in [1.165, 1.54) is 17.2 Å². The molecule has 1 fully saturated rings. The summed E-state index contributed by atoms with van der Waals surface area (Å²) in [6.07, 6.45) is 4.08. The van der Waals surface area contributed by atoms with Gasteiger partial charge in [-0.25, -0.2) is 9.07 Å². The van der Waals surface area contributed by atoms with E-state index in [0.717, 1.165) is 50.5 Å². The molecule has 0 aliphatic carbocycles. The van der Waals surface area contributed by atoms with Gasteiger partial charge in [0.1, 0.15) is 5.82 Å². The summed E-state index contributed by atoms with van der Waals surface area (Å²) < 4.78 is 15.3. The first kappa shape index (κ1) is 17.9. The van der Waals surface area contributed by atoms with Gasteiger partial charge in [-0.05, 0) is 42.3 Å². The topological polar surface area (TPSA) is 24.3 Å². The summed E-state index contributed by atoms with van der Waals surface area (Å²) in [6, 6.07) is 15.3. The van der Waals surface area contributed by atoms with Gasteiger partial charge in [0.2, 0.25) is 0 Å². The van der Waals surface area contributed by atoms with Crippen LogP contribution in [0.1, 0.15) is 16.7 Å². The Balaban J connectivity index is 1.31. The lowest BCUT2D eigenvalue weighted by Gasteiger charge is -2.34. The lowest BCUT2D eigenvalue weighted by molar-refractivity contribution is 0.122. The second kappa shape index (κ2) is 8.03.